The molecule has 0 aromatic carbocycles. The average molecular weight is 257 g/mol. The molecule has 2 atom stereocenters. The Hall–Kier alpha value is -0.160. The normalized spacial score (nSPS) is 24.3. The lowest BCUT2D eigenvalue weighted by atomic mass is 10.2. The van der Waals surface area contributed by atoms with E-state index in [0.717, 1.165) is 26.2 Å². The molecule has 1 aliphatic heterocycles. The quantitative estimate of drug-likeness (QED) is 0.668. The number of hydrogen-bond acceptors (Lipinski definition) is 4. The van der Waals surface area contributed by atoms with Crippen LogP contribution in [0.5, 0.6) is 0 Å². The van der Waals surface area contributed by atoms with Crippen LogP contribution in [0.2, 0.25) is 0 Å². The molecule has 0 bridgehead atoms. The third-order valence-electron chi connectivity index (χ3n) is 3.49. The molecule has 0 aliphatic carbocycles. The smallest absolute Gasteiger partial charge is 0.0707 e. The summed E-state index contributed by atoms with van der Waals surface area (Å²) in [5.74, 6) is 0. The molecule has 108 valence electrons. The molecule has 4 nitrogen and oxygen atoms in total. The molecule has 1 saturated heterocycles. The molecular weight excluding hydrogens is 226 g/mol. The van der Waals surface area contributed by atoms with Crippen LogP contribution in [0.3, 0.4) is 0 Å². The first kappa shape index (κ1) is 15.9. The zero-order chi connectivity index (χ0) is 13.4. The molecule has 1 N–H and O–H groups in total. The van der Waals surface area contributed by atoms with Crippen LogP contribution in [0.25, 0.3) is 0 Å². The Morgan fingerprint density at radius 3 is 2.44 bits per heavy atom. The molecule has 18 heavy (non-hydrogen) atoms. The fourth-order valence-corrected chi connectivity index (χ4v) is 2.53. The minimum Gasteiger partial charge on any atom is -0.372 e. The summed E-state index contributed by atoms with van der Waals surface area (Å²) in [4.78, 5) is 4.80. The van der Waals surface area contributed by atoms with Crippen LogP contribution >= 0.6 is 0 Å². The first-order valence-electron chi connectivity index (χ1n) is 7.32. The molecule has 0 aromatic rings. The molecule has 0 saturated carbocycles. The molecule has 0 spiro atoms. The highest BCUT2D eigenvalue weighted by atomic mass is 16.5. The minimum atomic E-state index is 0.428. The van der Waals surface area contributed by atoms with E-state index in [-0.39, 0.29) is 0 Å². The van der Waals surface area contributed by atoms with Gasteiger partial charge < -0.3 is 15.0 Å². The summed E-state index contributed by atoms with van der Waals surface area (Å²) in [5.41, 5.74) is 0. The number of nitrogens with zero attached hydrogens (tertiary/aromatic N) is 2. The van der Waals surface area contributed by atoms with E-state index >= 15 is 0 Å². The Balaban J connectivity index is 2.27. The lowest BCUT2D eigenvalue weighted by molar-refractivity contribution is 0.0231. The third kappa shape index (κ3) is 6.14. The van der Waals surface area contributed by atoms with Crippen molar-refractivity contribution in [1.29, 1.82) is 0 Å². The zero-order valence-corrected chi connectivity index (χ0v) is 12.6. The van der Waals surface area contributed by atoms with E-state index in [1.54, 1.807) is 0 Å². The van der Waals surface area contributed by atoms with Crippen LogP contribution in [-0.4, -0.2) is 75.9 Å². The molecule has 4 heteroatoms. The Morgan fingerprint density at radius 2 is 1.83 bits per heavy atom. The van der Waals surface area contributed by atoms with Crippen molar-refractivity contribution in [3.05, 3.63) is 0 Å². The summed E-state index contributed by atoms with van der Waals surface area (Å²) in [7, 11) is 6.27. The maximum absolute atomic E-state index is 6.07. The Morgan fingerprint density at radius 1 is 1.11 bits per heavy atom. The van der Waals surface area contributed by atoms with Gasteiger partial charge in [0.2, 0.25) is 0 Å². The van der Waals surface area contributed by atoms with Gasteiger partial charge in [0.15, 0.2) is 0 Å². The summed E-state index contributed by atoms with van der Waals surface area (Å²) in [6.07, 6.45) is 4.52. The maximum atomic E-state index is 6.07. The zero-order valence-electron chi connectivity index (χ0n) is 12.6. The van der Waals surface area contributed by atoms with E-state index < -0.39 is 0 Å². The molecule has 1 aliphatic rings. The van der Waals surface area contributed by atoms with Crippen molar-refractivity contribution < 1.29 is 4.74 Å². The monoisotopic (exact) mass is 257 g/mol. The van der Waals surface area contributed by atoms with Gasteiger partial charge in [0.1, 0.15) is 0 Å². The fraction of sp³-hybridized carbons (Fsp3) is 1.00. The first-order valence-corrected chi connectivity index (χ1v) is 7.32. The first-order chi connectivity index (χ1) is 8.65. The molecule has 1 rings (SSSR count). The highest BCUT2D eigenvalue weighted by Gasteiger charge is 2.26. The van der Waals surface area contributed by atoms with Crippen LogP contribution in [0.1, 0.15) is 26.2 Å². The Kier molecular flexibility index (Phi) is 7.82. The van der Waals surface area contributed by atoms with Gasteiger partial charge in [-0.1, -0.05) is 6.92 Å². The van der Waals surface area contributed by atoms with E-state index in [0.29, 0.717) is 12.2 Å². The summed E-state index contributed by atoms with van der Waals surface area (Å²) in [5, 5.41) is 3.20. The molecule has 1 heterocycles. The van der Waals surface area contributed by atoms with Crippen LogP contribution < -0.4 is 5.32 Å². The lowest BCUT2D eigenvalue weighted by Gasteiger charge is -2.26. The molecule has 2 unspecified atom stereocenters. The number of likely N-dealkylation sites (N-methyl/N-ethyl adjacent to an activating group) is 2. The number of nitrogens with one attached hydrogen (secondary N) is 1. The molecule has 0 aromatic heterocycles. The van der Waals surface area contributed by atoms with Crippen molar-refractivity contribution in [2.24, 2.45) is 0 Å². The van der Waals surface area contributed by atoms with E-state index in [4.69, 9.17) is 4.74 Å². The van der Waals surface area contributed by atoms with E-state index in [2.05, 4.69) is 36.1 Å². The topological polar surface area (TPSA) is 27.7 Å². The van der Waals surface area contributed by atoms with Crippen molar-refractivity contribution in [2.45, 2.75) is 38.4 Å². The van der Waals surface area contributed by atoms with Crippen LogP contribution in [0, 0.1) is 0 Å². The summed E-state index contributed by atoms with van der Waals surface area (Å²) >= 11 is 0. The Bertz CT molecular complexity index is 211. The van der Waals surface area contributed by atoms with E-state index in [9.17, 15) is 0 Å². The minimum absolute atomic E-state index is 0.428. The van der Waals surface area contributed by atoms with E-state index in [1.807, 2.05) is 7.05 Å². The number of ether oxygens (including phenoxy) is 1. The standard InChI is InChI=1S/C14H31N3O/c1-5-8-17(10-9-16(3)4)12-14-7-6-13(18-14)11-15-2/h13-15H,5-12H2,1-4H3. The van der Waals surface area contributed by atoms with Crippen LogP contribution in [0.15, 0.2) is 0 Å². The van der Waals surface area contributed by atoms with Crippen molar-refractivity contribution in [3.8, 4) is 0 Å². The van der Waals surface area contributed by atoms with Gasteiger partial charge in [-0.15, -0.1) is 0 Å². The van der Waals surface area contributed by atoms with Crippen LogP contribution in [0.4, 0.5) is 0 Å². The predicted octanol–water partition coefficient (Wildman–Crippen LogP) is 1.03. The largest absolute Gasteiger partial charge is 0.372 e. The van der Waals surface area contributed by atoms with Gasteiger partial charge in [-0.05, 0) is 47.0 Å². The third-order valence-corrected chi connectivity index (χ3v) is 3.49. The van der Waals surface area contributed by atoms with E-state index in [1.165, 1.54) is 25.8 Å². The summed E-state index contributed by atoms with van der Waals surface area (Å²) < 4.78 is 6.07. The summed E-state index contributed by atoms with van der Waals surface area (Å²) in [6.45, 7) is 7.81. The highest BCUT2D eigenvalue weighted by Crippen LogP contribution is 2.20. The van der Waals surface area contributed by atoms with Gasteiger partial charge in [-0.2, -0.15) is 0 Å². The number of rotatable bonds is 9. The lowest BCUT2D eigenvalue weighted by Crippen LogP contribution is -2.38. The SMILES string of the molecule is CCCN(CCN(C)C)CC1CCC(CNC)O1. The van der Waals surface area contributed by atoms with Crippen molar-refractivity contribution >= 4 is 0 Å². The van der Waals surface area contributed by atoms with Gasteiger partial charge in [-0.3, -0.25) is 4.90 Å². The second kappa shape index (κ2) is 8.86. The predicted molar refractivity (Wildman–Crippen MR) is 77.1 cm³/mol. The average Bonchev–Trinajstić information content (AvgIpc) is 2.74. The molecular formula is C14H31N3O. The van der Waals surface area contributed by atoms with Crippen molar-refractivity contribution in [2.75, 3.05) is 53.9 Å². The van der Waals surface area contributed by atoms with Crippen molar-refractivity contribution in [3.63, 3.8) is 0 Å². The highest BCUT2D eigenvalue weighted by molar-refractivity contribution is 4.77. The number of hydrogen-bond donors (Lipinski definition) is 1. The van der Waals surface area contributed by atoms with Gasteiger partial charge in [0, 0.05) is 26.2 Å². The van der Waals surface area contributed by atoms with Gasteiger partial charge in [-0.25, -0.2) is 0 Å². The van der Waals surface area contributed by atoms with Crippen LogP contribution in [-0.2, 0) is 4.74 Å². The molecule has 0 amide bonds. The molecule has 1 fully saturated rings. The Labute approximate surface area is 113 Å². The van der Waals surface area contributed by atoms with Gasteiger partial charge in [0.05, 0.1) is 12.2 Å². The molecule has 0 radical (unpaired) electrons. The van der Waals surface area contributed by atoms with Crippen molar-refractivity contribution in [1.82, 2.24) is 15.1 Å². The van der Waals surface area contributed by atoms with Gasteiger partial charge in [0.25, 0.3) is 0 Å². The fourth-order valence-electron chi connectivity index (χ4n) is 2.53. The van der Waals surface area contributed by atoms with Gasteiger partial charge >= 0.3 is 0 Å². The summed E-state index contributed by atoms with van der Waals surface area (Å²) in [6, 6.07) is 0. The maximum Gasteiger partial charge on any atom is 0.0707 e. The second-order valence-corrected chi connectivity index (χ2v) is 5.62. The second-order valence-electron chi connectivity index (χ2n) is 5.62.